The number of nitrogens with zero attached hydrogens (tertiary/aromatic N) is 1. The fourth-order valence-electron chi connectivity index (χ4n) is 1.62. The molecule has 0 radical (unpaired) electrons. The minimum absolute atomic E-state index is 0.239. The van der Waals surface area contributed by atoms with Crippen LogP contribution in [0.4, 0.5) is 0 Å². The maximum Gasteiger partial charge on any atom is 0.354 e. The summed E-state index contributed by atoms with van der Waals surface area (Å²) >= 11 is 0. The van der Waals surface area contributed by atoms with E-state index in [0.29, 0.717) is 5.75 Å². The molecule has 2 rings (SSSR count). The number of aromatic nitrogens is 1. The van der Waals surface area contributed by atoms with Crippen molar-refractivity contribution in [1.29, 1.82) is 0 Å². The Bertz CT molecular complexity index is 529. The molecule has 3 nitrogen and oxygen atoms in total. The van der Waals surface area contributed by atoms with Crippen molar-refractivity contribution in [1.82, 2.24) is 0 Å². The van der Waals surface area contributed by atoms with E-state index in [2.05, 4.69) is 6.58 Å². The molecule has 0 saturated carbocycles. The fraction of sp³-hybridized carbons (Fsp3) is 0.133. The van der Waals surface area contributed by atoms with E-state index < -0.39 is 0 Å². The topological polar surface area (TPSA) is 22.3 Å². The van der Waals surface area contributed by atoms with Gasteiger partial charge in [-0.1, -0.05) is 18.2 Å². The number of rotatable bonds is 4. The summed E-state index contributed by atoms with van der Waals surface area (Å²) in [5.41, 5.74) is 1.96. The molecule has 0 atom stereocenters. The van der Waals surface area contributed by atoms with Gasteiger partial charge in [-0.3, -0.25) is 0 Å². The Balaban J connectivity index is 2.08. The molecule has 0 aliphatic carbocycles. The second-order valence-electron chi connectivity index (χ2n) is 3.98. The van der Waals surface area contributed by atoms with Crippen LogP contribution in [0.25, 0.3) is 0 Å². The van der Waals surface area contributed by atoms with Gasteiger partial charge >= 0.3 is 5.95 Å². The maximum atomic E-state index is 5.58. The van der Waals surface area contributed by atoms with Gasteiger partial charge in [0.15, 0.2) is 0 Å². The van der Waals surface area contributed by atoms with Crippen molar-refractivity contribution in [3.63, 3.8) is 0 Å². The van der Waals surface area contributed by atoms with Crippen molar-refractivity contribution in [3.8, 4) is 5.75 Å². The number of aryl methyl sites for hydroxylation is 2. The third-order valence-corrected chi connectivity index (χ3v) is 2.48. The van der Waals surface area contributed by atoms with Crippen LogP contribution in [-0.4, -0.2) is 0 Å². The number of pyridine rings is 1. The summed E-state index contributed by atoms with van der Waals surface area (Å²) in [6.45, 7) is 7.68. The summed E-state index contributed by atoms with van der Waals surface area (Å²) < 4.78 is 7.18. The molecule has 2 aromatic rings. The lowest BCUT2D eigenvalue weighted by atomic mass is 10.3. The zero-order valence-corrected chi connectivity index (χ0v) is 10.6. The average Bonchev–Trinajstić information content (AvgIpc) is 2.35. The van der Waals surface area contributed by atoms with Gasteiger partial charge < -0.3 is 4.74 Å². The number of hydrogen-bond donors (Lipinski definition) is 0. The third kappa shape index (κ3) is 2.88. The van der Waals surface area contributed by atoms with Gasteiger partial charge in [0.05, 0.1) is 0 Å². The van der Waals surface area contributed by atoms with Crippen molar-refractivity contribution in [2.75, 3.05) is 0 Å². The van der Waals surface area contributed by atoms with E-state index in [1.807, 2.05) is 62.4 Å². The Labute approximate surface area is 107 Å². The first kappa shape index (κ1) is 12.2. The van der Waals surface area contributed by atoms with E-state index in [1.54, 1.807) is 4.73 Å². The van der Waals surface area contributed by atoms with Crippen LogP contribution in [0.3, 0.4) is 0 Å². The first-order valence-electron chi connectivity index (χ1n) is 5.75. The van der Waals surface area contributed by atoms with Gasteiger partial charge in [-0.05, 0) is 24.8 Å². The highest BCUT2D eigenvalue weighted by atomic mass is 16.8. The van der Waals surface area contributed by atoms with Crippen LogP contribution >= 0.6 is 0 Å². The van der Waals surface area contributed by atoms with Crippen LogP contribution in [0.15, 0.2) is 61.1 Å². The Morgan fingerprint density at radius 2 is 1.56 bits per heavy atom. The van der Waals surface area contributed by atoms with E-state index in [0.717, 1.165) is 11.4 Å². The molecule has 1 aromatic heterocycles. The first-order valence-corrected chi connectivity index (χ1v) is 5.75. The van der Waals surface area contributed by atoms with Gasteiger partial charge in [-0.15, -0.1) is 0 Å². The van der Waals surface area contributed by atoms with Crippen molar-refractivity contribution in [2.45, 2.75) is 13.8 Å². The molecule has 1 aromatic carbocycles. The van der Waals surface area contributed by atoms with Crippen LogP contribution in [0, 0.1) is 13.8 Å². The normalized spacial score (nSPS) is 9.89. The molecule has 0 aliphatic rings. The van der Waals surface area contributed by atoms with Crippen LogP contribution in [0.2, 0.25) is 0 Å². The Morgan fingerprint density at radius 3 is 2.17 bits per heavy atom. The molecule has 0 aliphatic heterocycles. The smallest absolute Gasteiger partial charge is 0.354 e. The molecule has 0 amide bonds. The summed E-state index contributed by atoms with van der Waals surface area (Å²) in [5.74, 6) is 0.943. The van der Waals surface area contributed by atoms with Crippen LogP contribution < -0.4 is 14.3 Å². The molecule has 0 spiro atoms. The zero-order valence-electron chi connectivity index (χ0n) is 10.6. The monoisotopic (exact) mass is 242 g/mol. The predicted molar refractivity (Wildman–Crippen MR) is 68.9 cm³/mol. The summed E-state index contributed by atoms with van der Waals surface area (Å²) in [4.78, 5) is 5.58. The van der Waals surface area contributed by atoms with Gasteiger partial charge in [0.1, 0.15) is 5.75 Å². The molecular formula is C15H16NO2+. The minimum atomic E-state index is 0.239. The second-order valence-corrected chi connectivity index (χ2v) is 3.98. The Hall–Kier alpha value is -2.29. The molecular weight excluding hydrogens is 226 g/mol. The van der Waals surface area contributed by atoms with Crippen LogP contribution in [0.5, 0.6) is 5.75 Å². The highest BCUT2D eigenvalue weighted by molar-refractivity contribution is 5.22. The molecule has 0 N–H and O–H groups in total. The standard InChI is InChI=1S/C15H16NO2/c1-12-8-7-9-13(2)16(12)18-14(3)17-15-10-5-4-6-11-15/h4-11H,3H2,1-2H3/q+1. The highest BCUT2D eigenvalue weighted by Crippen LogP contribution is 2.10. The van der Waals surface area contributed by atoms with Crippen LogP contribution in [0.1, 0.15) is 11.4 Å². The Kier molecular flexibility index (Phi) is 3.63. The molecule has 0 bridgehead atoms. The molecule has 0 saturated heterocycles. The average molecular weight is 242 g/mol. The van der Waals surface area contributed by atoms with Crippen LogP contribution in [-0.2, 0) is 0 Å². The molecule has 18 heavy (non-hydrogen) atoms. The lowest BCUT2D eigenvalue weighted by Gasteiger charge is -2.06. The molecule has 0 fully saturated rings. The third-order valence-electron chi connectivity index (χ3n) is 2.48. The zero-order chi connectivity index (χ0) is 13.0. The van der Waals surface area contributed by atoms with Crippen molar-refractivity contribution in [2.24, 2.45) is 0 Å². The quantitative estimate of drug-likeness (QED) is 0.607. The number of hydrogen-bond acceptors (Lipinski definition) is 2. The number of benzene rings is 1. The molecule has 92 valence electrons. The second kappa shape index (κ2) is 5.36. The molecule has 0 unspecified atom stereocenters. The van der Waals surface area contributed by atoms with Gasteiger partial charge in [0, 0.05) is 30.7 Å². The van der Waals surface area contributed by atoms with E-state index in [4.69, 9.17) is 9.57 Å². The van der Waals surface area contributed by atoms with Crippen molar-refractivity contribution in [3.05, 3.63) is 72.4 Å². The lowest BCUT2D eigenvalue weighted by Crippen LogP contribution is -2.48. The first-order chi connectivity index (χ1) is 8.66. The van der Waals surface area contributed by atoms with Gasteiger partial charge in [-0.2, -0.15) is 4.84 Å². The summed E-state index contributed by atoms with van der Waals surface area (Å²) in [6, 6.07) is 15.3. The summed E-state index contributed by atoms with van der Waals surface area (Å²) in [6.07, 6.45) is 0. The summed E-state index contributed by atoms with van der Waals surface area (Å²) in [5, 5.41) is 0. The van der Waals surface area contributed by atoms with Gasteiger partial charge in [0.2, 0.25) is 11.4 Å². The van der Waals surface area contributed by atoms with Crippen molar-refractivity contribution >= 4 is 0 Å². The van der Waals surface area contributed by atoms with Gasteiger partial charge in [0.25, 0.3) is 0 Å². The Morgan fingerprint density at radius 1 is 0.944 bits per heavy atom. The lowest BCUT2D eigenvalue weighted by molar-refractivity contribution is -0.892. The largest absolute Gasteiger partial charge is 0.422 e. The van der Waals surface area contributed by atoms with E-state index in [9.17, 15) is 0 Å². The maximum absolute atomic E-state index is 5.58. The van der Waals surface area contributed by atoms with E-state index >= 15 is 0 Å². The highest BCUT2D eigenvalue weighted by Gasteiger charge is 2.15. The SMILES string of the molecule is C=C(Oc1ccccc1)O[n+]1c(C)cccc1C. The number of para-hydroxylation sites is 1. The van der Waals surface area contributed by atoms with E-state index in [1.165, 1.54) is 0 Å². The predicted octanol–water partition coefficient (Wildman–Crippen LogP) is 2.57. The number of ether oxygens (including phenoxy) is 1. The van der Waals surface area contributed by atoms with E-state index in [-0.39, 0.29) is 5.95 Å². The molecule has 3 heteroatoms. The van der Waals surface area contributed by atoms with Gasteiger partial charge in [-0.25, -0.2) is 0 Å². The van der Waals surface area contributed by atoms with Crippen molar-refractivity contribution < 1.29 is 14.3 Å². The molecule has 1 heterocycles. The fourth-order valence-corrected chi connectivity index (χ4v) is 1.62. The summed E-state index contributed by atoms with van der Waals surface area (Å²) in [7, 11) is 0. The minimum Gasteiger partial charge on any atom is -0.422 e.